The average molecular weight is 310 g/mol. The molecule has 7 nitrogen and oxygen atoms in total. The van der Waals surface area contributed by atoms with Gasteiger partial charge < -0.3 is 9.47 Å². The summed E-state index contributed by atoms with van der Waals surface area (Å²) in [5, 5.41) is 0. The Kier molecular flexibility index (Phi) is 3.34. The zero-order chi connectivity index (χ0) is 15.0. The Morgan fingerprint density at radius 2 is 2.00 bits per heavy atom. The number of ether oxygens (including phenoxy) is 2. The summed E-state index contributed by atoms with van der Waals surface area (Å²) in [6.45, 7) is 2.69. The fraction of sp³-hybridized carbons (Fsp3) is 0.308. The maximum absolute atomic E-state index is 11.3. The number of hydrogen-bond donors (Lipinski definition) is 1. The Morgan fingerprint density at radius 1 is 1.29 bits per heavy atom. The van der Waals surface area contributed by atoms with Gasteiger partial charge in [-0.25, -0.2) is 8.96 Å². The molecule has 0 radical (unpaired) electrons. The molecule has 1 aliphatic heterocycles. The fourth-order valence-electron chi connectivity index (χ4n) is 2.24. The van der Waals surface area contributed by atoms with E-state index in [1.165, 1.54) is 0 Å². The highest BCUT2D eigenvalue weighted by Crippen LogP contribution is 2.31. The van der Waals surface area contributed by atoms with E-state index < -0.39 is 10.3 Å². The number of hydrogen-bond acceptors (Lipinski definition) is 5. The van der Waals surface area contributed by atoms with E-state index in [0.29, 0.717) is 42.5 Å². The van der Waals surface area contributed by atoms with E-state index in [0.717, 1.165) is 15.9 Å². The smallest absolute Gasteiger partial charge is 0.364 e. The van der Waals surface area contributed by atoms with E-state index in [1.807, 2.05) is 6.07 Å². The lowest BCUT2D eigenvalue weighted by molar-refractivity contribution is 0.171. The van der Waals surface area contributed by atoms with Gasteiger partial charge in [0.15, 0.2) is 11.5 Å². The monoisotopic (exact) mass is 310 g/mol. The first-order valence-electron chi connectivity index (χ1n) is 6.34. The Balaban J connectivity index is 1.96. The van der Waals surface area contributed by atoms with Gasteiger partial charge in [-0.15, -0.1) is 0 Å². The number of fused-ring (bicyclic) bond motifs is 1. The molecule has 112 valence electrons. The van der Waals surface area contributed by atoms with Gasteiger partial charge in [-0.2, -0.15) is 8.42 Å². The van der Waals surface area contributed by atoms with E-state index in [4.69, 9.17) is 9.47 Å². The van der Waals surface area contributed by atoms with Crippen LogP contribution in [0.3, 0.4) is 0 Å². The van der Waals surface area contributed by atoms with Crippen molar-refractivity contribution in [1.29, 1.82) is 0 Å². The minimum atomic E-state index is -4.35. The molecule has 0 saturated carbocycles. The minimum Gasteiger partial charge on any atom is -0.486 e. The van der Waals surface area contributed by atoms with Gasteiger partial charge in [0.25, 0.3) is 0 Å². The minimum absolute atomic E-state index is 0.308. The van der Waals surface area contributed by atoms with E-state index in [9.17, 15) is 13.0 Å². The van der Waals surface area contributed by atoms with Gasteiger partial charge in [0.2, 0.25) is 0 Å². The summed E-state index contributed by atoms with van der Waals surface area (Å²) in [6, 6.07) is 5.41. The highest BCUT2D eigenvalue weighted by Gasteiger charge is 2.18. The van der Waals surface area contributed by atoms with Gasteiger partial charge in [-0.1, -0.05) is 6.07 Å². The Hall–Kier alpha value is -2.06. The van der Waals surface area contributed by atoms with Crippen molar-refractivity contribution in [3.63, 3.8) is 0 Å². The molecule has 0 fully saturated rings. The average Bonchev–Trinajstić information content (AvgIpc) is 2.80. The second kappa shape index (κ2) is 5.05. The molecule has 2 heterocycles. The number of nitrogens with zero attached hydrogens (tertiary/aromatic N) is 2. The third-order valence-electron chi connectivity index (χ3n) is 3.27. The van der Waals surface area contributed by atoms with Crippen LogP contribution in [0.15, 0.2) is 24.5 Å². The molecule has 0 saturated heterocycles. The van der Waals surface area contributed by atoms with Crippen LogP contribution in [-0.4, -0.2) is 35.1 Å². The molecule has 0 bridgehead atoms. The number of aryl methyl sites for hydroxylation is 1. The summed E-state index contributed by atoms with van der Waals surface area (Å²) in [7, 11) is -4.35. The maximum Gasteiger partial charge on any atom is 0.364 e. The summed E-state index contributed by atoms with van der Waals surface area (Å²) < 4.78 is 43.6. The molecule has 0 amide bonds. The zero-order valence-electron chi connectivity index (χ0n) is 11.3. The highest BCUT2D eigenvalue weighted by molar-refractivity contribution is 7.84. The van der Waals surface area contributed by atoms with Crippen molar-refractivity contribution in [2.45, 2.75) is 13.3 Å². The molecule has 8 heteroatoms. The SMILES string of the molecule is Cc1ncn(S(=O)(=O)O)c1Cc1ccc2c(c1)OCCO2. The molecule has 1 aliphatic rings. The summed E-state index contributed by atoms with van der Waals surface area (Å²) in [5.74, 6) is 1.30. The van der Waals surface area contributed by atoms with Crippen molar-refractivity contribution in [1.82, 2.24) is 8.96 Å². The van der Waals surface area contributed by atoms with Gasteiger partial charge in [0, 0.05) is 6.42 Å². The molecule has 0 atom stereocenters. The van der Waals surface area contributed by atoms with Crippen LogP contribution in [0, 0.1) is 6.92 Å². The Labute approximate surface area is 122 Å². The van der Waals surface area contributed by atoms with Gasteiger partial charge in [-0.3, -0.25) is 4.55 Å². The van der Waals surface area contributed by atoms with Crippen molar-refractivity contribution in [2.24, 2.45) is 0 Å². The molecule has 3 rings (SSSR count). The van der Waals surface area contributed by atoms with Crippen molar-refractivity contribution in [2.75, 3.05) is 13.2 Å². The molecule has 0 aliphatic carbocycles. The molecule has 0 spiro atoms. The Bertz CT molecular complexity index is 782. The van der Waals surface area contributed by atoms with E-state index in [-0.39, 0.29) is 0 Å². The van der Waals surface area contributed by atoms with Crippen LogP contribution in [0.4, 0.5) is 0 Å². The first kappa shape index (κ1) is 13.9. The number of rotatable bonds is 3. The molecular weight excluding hydrogens is 296 g/mol. The summed E-state index contributed by atoms with van der Waals surface area (Å²) in [5.41, 5.74) is 1.80. The normalized spacial score (nSPS) is 14.2. The van der Waals surface area contributed by atoms with Crippen LogP contribution in [-0.2, 0) is 16.7 Å². The molecule has 1 N–H and O–H groups in total. The fourth-order valence-corrected chi connectivity index (χ4v) is 2.88. The first-order chi connectivity index (χ1) is 9.95. The maximum atomic E-state index is 11.3. The van der Waals surface area contributed by atoms with Gasteiger partial charge in [0.1, 0.15) is 19.5 Å². The van der Waals surface area contributed by atoms with Gasteiger partial charge >= 0.3 is 10.3 Å². The first-order valence-corrected chi connectivity index (χ1v) is 7.74. The standard InChI is InChI=1S/C13H14N2O5S/c1-9-11(15(8-14-9)21(16,17)18)6-10-2-3-12-13(7-10)20-5-4-19-12/h2-3,7-8H,4-6H2,1H3,(H,16,17,18). The summed E-state index contributed by atoms with van der Waals surface area (Å²) >= 11 is 0. The third kappa shape index (κ3) is 2.72. The predicted molar refractivity (Wildman–Crippen MR) is 74.1 cm³/mol. The molecule has 1 aromatic carbocycles. The van der Waals surface area contributed by atoms with E-state index in [1.54, 1.807) is 19.1 Å². The number of aromatic nitrogens is 2. The molecule has 0 unspecified atom stereocenters. The predicted octanol–water partition coefficient (Wildman–Crippen LogP) is 1.20. The van der Waals surface area contributed by atoms with Gasteiger partial charge in [0.05, 0.1) is 11.4 Å². The quantitative estimate of drug-likeness (QED) is 0.857. The topological polar surface area (TPSA) is 90.7 Å². The van der Waals surface area contributed by atoms with E-state index >= 15 is 0 Å². The number of benzene rings is 1. The van der Waals surface area contributed by atoms with Crippen molar-refractivity contribution in [3.05, 3.63) is 41.5 Å². The van der Waals surface area contributed by atoms with Crippen molar-refractivity contribution >= 4 is 10.3 Å². The highest BCUT2D eigenvalue weighted by atomic mass is 32.2. The molecule has 2 aromatic rings. The van der Waals surface area contributed by atoms with Crippen molar-refractivity contribution in [3.8, 4) is 11.5 Å². The summed E-state index contributed by atoms with van der Waals surface area (Å²) in [6.07, 6.45) is 1.40. The number of imidazole rings is 1. The van der Waals surface area contributed by atoms with Crippen LogP contribution < -0.4 is 9.47 Å². The third-order valence-corrected chi connectivity index (χ3v) is 4.08. The van der Waals surface area contributed by atoms with E-state index in [2.05, 4.69) is 4.98 Å². The second-order valence-corrected chi connectivity index (χ2v) is 5.99. The summed E-state index contributed by atoms with van der Waals surface area (Å²) in [4.78, 5) is 3.93. The molecule has 21 heavy (non-hydrogen) atoms. The van der Waals surface area contributed by atoms with Crippen molar-refractivity contribution < 1.29 is 22.4 Å². The largest absolute Gasteiger partial charge is 0.486 e. The molecular formula is C13H14N2O5S. The molecule has 1 aromatic heterocycles. The van der Waals surface area contributed by atoms with Crippen LogP contribution in [0.2, 0.25) is 0 Å². The second-order valence-electron chi connectivity index (χ2n) is 4.71. The van der Waals surface area contributed by atoms with Crippen LogP contribution in [0.5, 0.6) is 11.5 Å². The van der Waals surface area contributed by atoms with Gasteiger partial charge in [-0.05, 0) is 24.6 Å². The van der Waals surface area contributed by atoms with Crippen LogP contribution in [0.25, 0.3) is 0 Å². The van der Waals surface area contributed by atoms with Crippen LogP contribution in [0.1, 0.15) is 17.0 Å². The Morgan fingerprint density at radius 3 is 2.71 bits per heavy atom. The lowest BCUT2D eigenvalue weighted by atomic mass is 10.1. The zero-order valence-corrected chi connectivity index (χ0v) is 12.1. The van der Waals surface area contributed by atoms with Crippen LogP contribution >= 0.6 is 0 Å². The lowest BCUT2D eigenvalue weighted by Gasteiger charge is -2.19. The lowest BCUT2D eigenvalue weighted by Crippen LogP contribution is -2.16.